The minimum absolute atomic E-state index is 0.338. The zero-order valence-corrected chi connectivity index (χ0v) is 22.5. The van der Waals surface area contributed by atoms with Crippen molar-refractivity contribution in [1.82, 2.24) is 4.98 Å². The van der Waals surface area contributed by atoms with Gasteiger partial charge < -0.3 is 20.1 Å². The topological polar surface area (TPSA) is 72.5 Å². The molecule has 0 aliphatic heterocycles. The Balaban J connectivity index is 1.54. The lowest BCUT2D eigenvalue weighted by atomic mass is 9.91. The number of halogens is 1. The van der Waals surface area contributed by atoms with Gasteiger partial charge in [-0.2, -0.15) is 0 Å². The number of carbonyl (C=O) groups excluding carboxylic acids is 1. The van der Waals surface area contributed by atoms with Crippen LogP contribution in [0.3, 0.4) is 0 Å². The maximum absolute atomic E-state index is 13.1. The Morgan fingerprint density at radius 2 is 1.76 bits per heavy atom. The number of benzene rings is 3. The molecule has 2 N–H and O–H groups in total. The Morgan fingerprint density at radius 3 is 2.55 bits per heavy atom. The summed E-state index contributed by atoms with van der Waals surface area (Å²) in [5.41, 5.74) is 7.21. The number of carbonyl (C=O) groups is 1. The van der Waals surface area contributed by atoms with Crippen molar-refractivity contribution >= 4 is 29.0 Å². The van der Waals surface area contributed by atoms with Gasteiger partial charge >= 0.3 is 6.03 Å². The van der Waals surface area contributed by atoms with Gasteiger partial charge in [-0.3, -0.25) is 0 Å². The van der Waals surface area contributed by atoms with E-state index in [4.69, 9.17) is 21.1 Å². The van der Waals surface area contributed by atoms with E-state index in [2.05, 4.69) is 21.7 Å². The molecule has 1 heterocycles. The molecule has 0 unspecified atom stereocenters. The molecule has 1 aliphatic carbocycles. The summed E-state index contributed by atoms with van der Waals surface area (Å²) in [6.45, 7) is 3.95. The van der Waals surface area contributed by atoms with Crippen LogP contribution < -0.4 is 20.1 Å². The fraction of sp³-hybridized carbons (Fsp3) is 0.226. The number of hydrogen-bond acceptors (Lipinski definition) is 4. The van der Waals surface area contributed by atoms with Crippen molar-refractivity contribution in [2.75, 3.05) is 17.7 Å². The number of nitrogens with zero attached hydrogens (tertiary/aromatic N) is 1. The molecule has 5 rings (SSSR count). The summed E-state index contributed by atoms with van der Waals surface area (Å²) in [5, 5.41) is 6.26. The number of nitrogens with one attached hydrogen (secondary N) is 2. The maximum Gasteiger partial charge on any atom is 0.323 e. The first kappa shape index (κ1) is 25.6. The number of aryl methyl sites for hydroxylation is 2. The molecule has 1 aromatic heterocycles. The van der Waals surface area contributed by atoms with Gasteiger partial charge in [-0.05, 0) is 97.7 Å². The summed E-state index contributed by atoms with van der Waals surface area (Å²) in [7, 11) is 1.66. The van der Waals surface area contributed by atoms with Gasteiger partial charge in [-0.25, -0.2) is 9.78 Å². The number of fused-ring (bicyclic) bond motifs is 1. The molecular formula is C31H30ClN3O3. The van der Waals surface area contributed by atoms with Gasteiger partial charge in [-0.15, -0.1) is 0 Å². The highest BCUT2D eigenvalue weighted by molar-refractivity contribution is 6.33. The minimum atomic E-state index is -0.439. The predicted molar refractivity (Wildman–Crippen MR) is 153 cm³/mol. The van der Waals surface area contributed by atoms with Crippen molar-refractivity contribution in [3.63, 3.8) is 0 Å². The van der Waals surface area contributed by atoms with Crippen LogP contribution in [0.15, 0.2) is 66.9 Å². The number of ether oxygens (including phenoxy) is 2. The van der Waals surface area contributed by atoms with E-state index in [1.807, 2.05) is 56.3 Å². The van der Waals surface area contributed by atoms with Crippen molar-refractivity contribution in [2.24, 2.45) is 0 Å². The van der Waals surface area contributed by atoms with Crippen LogP contribution in [0.2, 0.25) is 5.02 Å². The van der Waals surface area contributed by atoms with E-state index in [1.54, 1.807) is 25.4 Å². The van der Waals surface area contributed by atoms with E-state index in [1.165, 1.54) is 17.5 Å². The van der Waals surface area contributed by atoms with E-state index >= 15 is 0 Å². The van der Waals surface area contributed by atoms with Crippen molar-refractivity contribution in [1.29, 1.82) is 0 Å². The molecular weight excluding hydrogens is 498 g/mol. The van der Waals surface area contributed by atoms with E-state index < -0.39 is 6.03 Å². The molecule has 0 fully saturated rings. The summed E-state index contributed by atoms with van der Waals surface area (Å²) in [4.78, 5) is 17.8. The normalized spacial score (nSPS) is 12.4. The van der Waals surface area contributed by atoms with E-state index in [0.717, 1.165) is 53.0 Å². The van der Waals surface area contributed by atoms with Crippen molar-refractivity contribution in [3.05, 3.63) is 94.1 Å². The average Bonchev–Trinajstić information content (AvgIpc) is 2.92. The maximum atomic E-state index is 13.1. The van der Waals surface area contributed by atoms with Crippen molar-refractivity contribution in [2.45, 2.75) is 39.5 Å². The lowest BCUT2D eigenvalue weighted by Crippen LogP contribution is -2.21. The summed E-state index contributed by atoms with van der Waals surface area (Å²) in [5.74, 6) is 1.92. The highest BCUT2D eigenvalue weighted by atomic mass is 35.5. The number of hydrogen-bond donors (Lipinski definition) is 2. The Bertz CT molecular complexity index is 1500. The third kappa shape index (κ3) is 5.31. The quantitative estimate of drug-likeness (QED) is 0.264. The summed E-state index contributed by atoms with van der Waals surface area (Å²) in [6, 6.07) is 18.8. The molecule has 0 bridgehead atoms. The van der Waals surface area contributed by atoms with Gasteiger partial charge in [0.25, 0.3) is 0 Å². The Hall–Kier alpha value is -4.03. The van der Waals surface area contributed by atoms with Crippen molar-refractivity contribution < 1.29 is 14.3 Å². The molecule has 0 spiro atoms. The second-order valence-electron chi connectivity index (χ2n) is 9.42. The number of amides is 2. The number of anilines is 2. The zero-order valence-electron chi connectivity index (χ0n) is 21.7. The van der Waals surface area contributed by atoms with Crippen LogP contribution in [-0.4, -0.2) is 18.1 Å². The third-order valence-electron chi connectivity index (χ3n) is 6.93. The van der Waals surface area contributed by atoms with Crippen LogP contribution in [0.25, 0.3) is 11.1 Å². The monoisotopic (exact) mass is 527 g/mol. The van der Waals surface area contributed by atoms with Gasteiger partial charge in [0, 0.05) is 11.8 Å². The molecule has 1 aliphatic rings. The first-order valence-corrected chi connectivity index (χ1v) is 13.1. The molecule has 0 atom stereocenters. The molecule has 0 radical (unpaired) electrons. The summed E-state index contributed by atoms with van der Waals surface area (Å²) < 4.78 is 11.8. The third-order valence-corrected chi connectivity index (χ3v) is 7.26. The number of pyridine rings is 1. The largest absolute Gasteiger partial charge is 0.496 e. The van der Waals surface area contributed by atoms with Crippen LogP contribution in [0, 0.1) is 13.8 Å². The second kappa shape index (κ2) is 11.2. The van der Waals surface area contributed by atoms with E-state index in [-0.39, 0.29) is 0 Å². The standard InChI is InChI=1S/C31H30ClN3O3/c1-19-17-22(15-16-27(19)37-3)24-18-33-30(38-28-14-8-10-21-9-4-5-11-23(21)28)29(20(24)2)35-31(36)34-26-13-7-6-12-25(26)32/h6-8,10,12-18H,4-5,9,11H2,1-3H3,(H2,34,35,36). The highest BCUT2D eigenvalue weighted by Crippen LogP contribution is 2.39. The number of methoxy groups -OCH3 is 1. The van der Waals surface area contributed by atoms with Crippen LogP contribution in [0.4, 0.5) is 16.2 Å². The molecule has 3 aromatic carbocycles. The molecule has 194 valence electrons. The second-order valence-corrected chi connectivity index (χ2v) is 9.83. The van der Waals surface area contributed by atoms with Crippen LogP contribution in [0.1, 0.15) is 35.1 Å². The lowest BCUT2D eigenvalue weighted by Gasteiger charge is -2.21. The SMILES string of the molecule is COc1ccc(-c2cnc(Oc3cccc4c3CCCC4)c(NC(=O)Nc3ccccc3Cl)c2C)cc1C. The molecule has 0 saturated carbocycles. The fourth-order valence-corrected chi connectivity index (χ4v) is 5.10. The van der Waals surface area contributed by atoms with Crippen molar-refractivity contribution in [3.8, 4) is 28.5 Å². The van der Waals surface area contributed by atoms with E-state index in [9.17, 15) is 4.79 Å². The summed E-state index contributed by atoms with van der Waals surface area (Å²) in [6.07, 6.45) is 6.10. The van der Waals surface area contributed by atoms with Gasteiger partial charge in [0.1, 0.15) is 17.2 Å². The molecule has 4 aromatic rings. The van der Waals surface area contributed by atoms with Gasteiger partial charge in [-0.1, -0.05) is 41.9 Å². The molecule has 38 heavy (non-hydrogen) atoms. The molecule has 6 nitrogen and oxygen atoms in total. The average molecular weight is 528 g/mol. The highest BCUT2D eigenvalue weighted by Gasteiger charge is 2.21. The molecule has 0 saturated heterocycles. The van der Waals surface area contributed by atoms with Crippen LogP contribution in [-0.2, 0) is 12.8 Å². The Morgan fingerprint density at radius 1 is 0.947 bits per heavy atom. The number of rotatable bonds is 6. The molecule has 7 heteroatoms. The van der Waals surface area contributed by atoms with E-state index in [0.29, 0.717) is 22.3 Å². The zero-order chi connectivity index (χ0) is 26.6. The number of para-hydroxylation sites is 1. The summed E-state index contributed by atoms with van der Waals surface area (Å²) >= 11 is 6.26. The fourth-order valence-electron chi connectivity index (χ4n) is 4.92. The van der Waals surface area contributed by atoms with Crippen LogP contribution >= 0.6 is 11.6 Å². The van der Waals surface area contributed by atoms with Gasteiger partial charge in [0.2, 0.25) is 5.88 Å². The molecule has 2 amide bonds. The van der Waals surface area contributed by atoms with Gasteiger partial charge in [0.05, 0.1) is 17.8 Å². The number of aromatic nitrogens is 1. The first-order chi connectivity index (χ1) is 18.4. The minimum Gasteiger partial charge on any atom is -0.496 e. The smallest absolute Gasteiger partial charge is 0.323 e. The first-order valence-electron chi connectivity index (χ1n) is 12.7. The Labute approximate surface area is 228 Å². The Kier molecular flexibility index (Phi) is 7.52. The van der Waals surface area contributed by atoms with Crippen LogP contribution in [0.5, 0.6) is 17.4 Å². The predicted octanol–water partition coefficient (Wildman–Crippen LogP) is 8.34. The van der Waals surface area contributed by atoms with Gasteiger partial charge in [0.15, 0.2) is 0 Å². The lowest BCUT2D eigenvalue weighted by molar-refractivity contribution is 0.262. The number of urea groups is 1.